The largest absolute Gasteiger partial charge is 0.484 e. The van der Waals surface area contributed by atoms with Crippen molar-refractivity contribution in [2.24, 2.45) is 0 Å². The number of amides is 1. The van der Waals surface area contributed by atoms with Crippen LogP contribution in [-0.2, 0) is 22.4 Å². The minimum Gasteiger partial charge on any atom is -0.484 e. The van der Waals surface area contributed by atoms with Crippen molar-refractivity contribution >= 4 is 11.9 Å². The Morgan fingerprint density at radius 1 is 1.18 bits per heavy atom. The van der Waals surface area contributed by atoms with Crippen LogP contribution < -0.4 is 4.74 Å². The van der Waals surface area contributed by atoms with Crippen LogP contribution in [0.2, 0.25) is 0 Å². The lowest BCUT2D eigenvalue weighted by atomic mass is 9.92. The van der Waals surface area contributed by atoms with Crippen LogP contribution >= 0.6 is 0 Å². The van der Waals surface area contributed by atoms with E-state index in [2.05, 4.69) is 6.07 Å². The fourth-order valence-electron chi connectivity index (χ4n) is 3.35. The molecule has 1 heterocycles. The van der Waals surface area contributed by atoms with Crippen LogP contribution in [0.15, 0.2) is 18.2 Å². The first-order valence-corrected chi connectivity index (χ1v) is 7.92. The van der Waals surface area contributed by atoms with Gasteiger partial charge in [0.05, 0.1) is 0 Å². The Labute approximate surface area is 129 Å². The SMILES string of the molecule is O=C(O)[C@@H]1CCCN1C(=O)COc1ccc2c(c1)CCCC2. The molecule has 0 saturated carbocycles. The molecule has 118 valence electrons. The summed E-state index contributed by atoms with van der Waals surface area (Å²) in [5.74, 6) is -0.484. The molecule has 1 N–H and O–H groups in total. The van der Waals surface area contributed by atoms with E-state index < -0.39 is 12.0 Å². The van der Waals surface area contributed by atoms with Crippen LogP contribution in [0, 0.1) is 0 Å². The zero-order valence-corrected chi connectivity index (χ0v) is 12.6. The number of carboxylic acids is 1. The fourth-order valence-corrected chi connectivity index (χ4v) is 3.35. The summed E-state index contributed by atoms with van der Waals surface area (Å²) in [4.78, 5) is 24.7. The standard InChI is InChI=1S/C17H21NO4/c19-16(18-9-3-6-15(18)17(20)21)11-22-14-8-7-12-4-1-2-5-13(12)10-14/h7-8,10,15H,1-6,9,11H2,(H,20,21)/t15-/m0/s1. The van der Waals surface area contributed by atoms with Crippen molar-refractivity contribution in [3.8, 4) is 5.75 Å². The van der Waals surface area contributed by atoms with E-state index in [9.17, 15) is 9.59 Å². The summed E-state index contributed by atoms with van der Waals surface area (Å²) < 4.78 is 5.59. The van der Waals surface area contributed by atoms with Gasteiger partial charge in [-0.2, -0.15) is 0 Å². The van der Waals surface area contributed by atoms with E-state index in [1.807, 2.05) is 12.1 Å². The molecule has 22 heavy (non-hydrogen) atoms. The normalized spacial score (nSPS) is 20.5. The molecule has 0 spiro atoms. The number of aryl methyl sites for hydroxylation is 2. The number of likely N-dealkylation sites (tertiary alicyclic amines) is 1. The van der Waals surface area contributed by atoms with Crippen molar-refractivity contribution < 1.29 is 19.4 Å². The van der Waals surface area contributed by atoms with Crippen LogP contribution in [0.4, 0.5) is 0 Å². The Kier molecular flexibility index (Phi) is 4.32. The summed E-state index contributed by atoms with van der Waals surface area (Å²) in [6, 6.07) is 5.29. The fraction of sp³-hybridized carbons (Fsp3) is 0.529. The Morgan fingerprint density at radius 3 is 2.73 bits per heavy atom. The van der Waals surface area contributed by atoms with E-state index in [0.29, 0.717) is 18.7 Å². The monoisotopic (exact) mass is 303 g/mol. The van der Waals surface area contributed by atoms with E-state index >= 15 is 0 Å². The minimum atomic E-state index is -0.931. The lowest BCUT2D eigenvalue weighted by Gasteiger charge is -2.22. The summed E-state index contributed by atoms with van der Waals surface area (Å²) >= 11 is 0. The van der Waals surface area contributed by atoms with Gasteiger partial charge in [-0.25, -0.2) is 4.79 Å². The van der Waals surface area contributed by atoms with Crippen molar-refractivity contribution in [2.75, 3.05) is 13.2 Å². The molecule has 0 unspecified atom stereocenters. The lowest BCUT2D eigenvalue weighted by Crippen LogP contribution is -2.42. The highest BCUT2D eigenvalue weighted by atomic mass is 16.5. The van der Waals surface area contributed by atoms with Crippen molar-refractivity contribution in [3.63, 3.8) is 0 Å². The van der Waals surface area contributed by atoms with Crippen LogP contribution in [0.5, 0.6) is 5.75 Å². The number of ether oxygens (including phenoxy) is 1. The lowest BCUT2D eigenvalue weighted by molar-refractivity contribution is -0.148. The first kappa shape index (κ1) is 14.9. The topological polar surface area (TPSA) is 66.8 Å². The van der Waals surface area contributed by atoms with Crippen LogP contribution in [-0.4, -0.2) is 41.1 Å². The van der Waals surface area contributed by atoms with E-state index in [-0.39, 0.29) is 12.5 Å². The molecule has 0 aromatic heterocycles. The number of nitrogens with zero attached hydrogens (tertiary/aromatic N) is 1. The zero-order chi connectivity index (χ0) is 15.5. The minimum absolute atomic E-state index is 0.0947. The highest BCUT2D eigenvalue weighted by Gasteiger charge is 2.33. The molecule has 2 aliphatic rings. The van der Waals surface area contributed by atoms with Gasteiger partial charge in [-0.05, 0) is 61.8 Å². The maximum Gasteiger partial charge on any atom is 0.326 e. The Hall–Kier alpha value is -2.04. The molecule has 1 fully saturated rings. The van der Waals surface area contributed by atoms with Gasteiger partial charge in [0.15, 0.2) is 6.61 Å². The molecular weight excluding hydrogens is 282 g/mol. The van der Waals surface area contributed by atoms with E-state index in [0.717, 1.165) is 19.3 Å². The van der Waals surface area contributed by atoms with Crippen molar-refractivity contribution in [1.29, 1.82) is 0 Å². The van der Waals surface area contributed by atoms with Crippen LogP contribution in [0.25, 0.3) is 0 Å². The van der Waals surface area contributed by atoms with Crippen LogP contribution in [0.3, 0.4) is 0 Å². The molecule has 1 atom stereocenters. The molecule has 1 aliphatic carbocycles. The third-order valence-corrected chi connectivity index (χ3v) is 4.54. The number of fused-ring (bicyclic) bond motifs is 1. The van der Waals surface area contributed by atoms with E-state index in [1.165, 1.54) is 28.9 Å². The number of rotatable bonds is 4. The second kappa shape index (κ2) is 6.38. The predicted molar refractivity (Wildman–Crippen MR) is 80.9 cm³/mol. The number of benzene rings is 1. The average Bonchev–Trinajstić information content (AvgIpc) is 3.02. The Balaban J connectivity index is 1.60. The number of carbonyl (C=O) groups is 2. The quantitative estimate of drug-likeness (QED) is 0.924. The number of aliphatic carboxylic acids is 1. The Bertz CT molecular complexity index is 584. The van der Waals surface area contributed by atoms with Crippen molar-refractivity contribution in [1.82, 2.24) is 4.90 Å². The summed E-state index contributed by atoms with van der Waals surface area (Å²) in [5, 5.41) is 9.12. The van der Waals surface area contributed by atoms with Gasteiger partial charge in [-0.15, -0.1) is 0 Å². The summed E-state index contributed by atoms with van der Waals surface area (Å²) in [5.41, 5.74) is 2.68. The molecule has 5 nitrogen and oxygen atoms in total. The second-order valence-electron chi connectivity index (χ2n) is 6.01. The van der Waals surface area contributed by atoms with Gasteiger partial charge >= 0.3 is 5.97 Å². The average molecular weight is 303 g/mol. The second-order valence-corrected chi connectivity index (χ2v) is 6.01. The summed E-state index contributed by atoms with van der Waals surface area (Å²) in [7, 11) is 0. The number of hydrogen-bond acceptors (Lipinski definition) is 3. The maximum atomic E-state index is 12.2. The zero-order valence-electron chi connectivity index (χ0n) is 12.6. The maximum absolute atomic E-state index is 12.2. The van der Waals surface area contributed by atoms with Gasteiger partial charge in [0.1, 0.15) is 11.8 Å². The summed E-state index contributed by atoms with van der Waals surface area (Å²) in [6.45, 7) is 0.409. The van der Waals surface area contributed by atoms with Crippen molar-refractivity contribution in [2.45, 2.75) is 44.6 Å². The molecule has 5 heteroatoms. The van der Waals surface area contributed by atoms with Gasteiger partial charge in [0.25, 0.3) is 5.91 Å². The third kappa shape index (κ3) is 3.08. The molecular formula is C17H21NO4. The highest BCUT2D eigenvalue weighted by Crippen LogP contribution is 2.25. The number of carboxylic acid groups (broad SMARTS) is 1. The molecule has 1 amide bonds. The predicted octanol–water partition coefficient (Wildman–Crippen LogP) is 2.02. The molecule has 1 saturated heterocycles. The van der Waals surface area contributed by atoms with Gasteiger partial charge < -0.3 is 14.7 Å². The highest BCUT2D eigenvalue weighted by molar-refractivity contribution is 5.85. The molecule has 0 bridgehead atoms. The van der Waals surface area contributed by atoms with Gasteiger partial charge in [-0.3, -0.25) is 4.79 Å². The first-order valence-electron chi connectivity index (χ1n) is 7.92. The number of carbonyl (C=O) groups excluding carboxylic acids is 1. The molecule has 1 aliphatic heterocycles. The third-order valence-electron chi connectivity index (χ3n) is 4.54. The van der Waals surface area contributed by atoms with Gasteiger partial charge in [-0.1, -0.05) is 6.07 Å². The van der Waals surface area contributed by atoms with E-state index in [4.69, 9.17) is 9.84 Å². The van der Waals surface area contributed by atoms with Gasteiger partial charge in [0.2, 0.25) is 0 Å². The summed E-state index contributed by atoms with van der Waals surface area (Å²) in [6.07, 6.45) is 5.87. The van der Waals surface area contributed by atoms with E-state index in [1.54, 1.807) is 0 Å². The molecule has 1 aromatic rings. The first-order chi connectivity index (χ1) is 10.6. The Morgan fingerprint density at radius 2 is 1.95 bits per heavy atom. The van der Waals surface area contributed by atoms with Crippen LogP contribution in [0.1, 0.15) is 36.8 Å². The van der Waals surface area contributed by atoms with Gasteiger partial charge in [0, 0.05) is 6.54 Å². The van der Waals surface area contributed by atoms with Crippen molar-refractivity contribution in [3.05, 3.63) is 29.3 Å². The molecule has 1 aromatic carbocycles. The smallest absolute Gasteiger partial charge is 0.326 e. The number of hydrogen-bond donors (Lipinski definition) is 1. The molecule has 0 radical (unpaired) electrons. The molecule has 3 rings (SSSR count).